The lowest BCUT2D eigenvalue weighted by Crippen LogP contribution is -2.40. The molecule has 1 aliphatic heterocycles. The van der Waals surface area contributed by atoms with E-state index in [-0.39, 0.29) is 5.60 Å². The SMILES string of the molecule is Cc1ccc(NC2CCOC(C)(C)C2)c(C(N)=S)c1. The third-order valence-corrected chi connectivity index (χ3v) is 3.72. The third-order valence-electron chi connectivity index (χ3n) is 3.50. The number of rotatable bonds is 3. The highest BCUT2D eigenvalue weighted by molar-refractivity contribution is 7.80. The van der Waals surface area contributed by atoms with Crippen LogP contribution >= 0.6 is 12.2 Å². The number of ether oxygens (including phenoxy) is 1. The Hall–Kier alpha value is -1.13. The Morgan fingerprint density at radius 2 is 2.21 bits per heavy atom. The van der Waals surface area contributed by atoms with Gasteiger partial charge in [0, 0.05) is 23.9 Å². The average Bonchev–Trinajstić information content (AvgIpc) is 2.30. The lowest BCUT2D eigenvalue weighted by molar-refractivity contribution is -0.0553. The number of aryl methyl sites for hydroxylation is 1. The Balaban J connectivity index is 2.17. The summed E-state index contributed by atoms with van der Waals surface area (Å²) < 4.78 is 5.74. The number of nitrogens with one attached hydrogen (secondary N) is 1. The molecule has 0 bridgehead atoms. The fourth-order valence-electron chi connectivity index (χ4n) is 2.56. The van der Waals surface area contributed by atoms with Crippen molar-refractivity contribution in [3.8, 4) is 0 Å². The molecular weight excluding hydrogens is 256 g/mol. The highest BCUT2D eigenvalue weighted by atomic mass is 32.1. The summed E-state index contributed by atoms with van der Waals surface area (Å²) in [6.07, 6.45) is 1.99. The maximum Gasteiger partial charge on any atom is 0.106 e. The van der Waals surface area contributed by atoms with Gasteiger partial charge >= 0.3 is 0 Å². The van der Waals surface area contributed by atoms with E-state index in [2.05, 4.69) is 31.3 Å². The number of hydrogen-bond donors (Lipinski definition) is 2. The van der Waals surface area contributed by atoms with Gasteiger partial charge in [0.05, 0.1) is 5.60 Å². The fourth-order valence-corrected chi connectivity index (χ4v) is 2.73. The van der Waals surface area contributed by atoms with Crippen LogP contribution in [0.5, 0.6) is 0 Å². The number of anilines is 1. The summed E-state index contributed by atoms with van der Waals surface area (Å²) in [7, 11) is 0. The van der Waals surface area contributed by atoms with Crippen molar-refractivity contribution in [3.05, 3.63) is 29.3 Å². The summed E-state index contributed by atoms with van der Waals surface area (Å²) in [6.45, 7) is 7.09. The van der Waals surface area contributed by atoms with Crippen molar-refractivity contribution in [2.45, 2.75) is 45.3 Å². The minimum Gasteiger partial charge on any atom is -0.389 e. The van der Waals surface area contributed by atoms with E-state index in [9.17, 15) is 0 Å². The van der Waals surface area contributed by atoms with Crippen LogP contribution in [-0.2, 0) is 4.74 Å². The van der Waals surface area contributed by atoms with Gasteiger partial charge in [-0.2, -0.15) is 0 Å². The summed E-state index contributed by atoms with van der Waals surface area (Å²) in [4.78, 5) is 0.442. The maximum absolute atomic E-state index is 5.81. The van der Waals surface area contributed by atoms with Gasteiger partial charge in [-0.15, -0.1) is 0 Å². The van der Waals surface area contributed by atoms with Gasteiger partial charge in [-0.05, 0) is 45.7 Å². The first-order valence-electron chi connectivity index (χ1n) is 6.68. The lowest BCUT2D eigenvalue weighted by atomic mass is 9.93. The number of benzene rings is 1. The van der Waals surface area contributed by atoms with Crippen molar-refractivity contribution < 1.29 is 4.74 Å². The normalized spacial score (nSPS) is 21.9. The molecule has 19 heavy (non-hydrogen) atoms. The second-order valence-electron chi connectivity index (χ2n) is 5.86. The predicted octanol–water partition coefficient (Wildman–Crippen LogP) is 3.00. The monoisotopic (exact) mass is 278 g/mol. The zero-order chi connectivity index (χ0) is 14.0. The van der Waals surface area contributed by atoms with E-state index < -0.39 is 0 Å². The predicted molar refractivity (Wildman–Crippen MR) is 83.7 cm³/mol. The van der Waals surface area contributed by atoms with Crippen molar-refractivity contribution in [1.82, 2.24) is 0 Å². The fraction of sp³-hybridized carbons (Fsp3) is 0.533. The van der Waals surface area contributed by atoms with Gasteiger partial charge in [-0.25, -0.2) is 0 Å². The summed E-state index contributed by atoms with van der Waals surface area (Å²) >= 11 is 5.14. The molecule has 1 saturated heterocycles. The molecule has 0 spiro atoms. The standard InChI is InChI=1S/C15H22N2OS/c1-10-4-5-13(12(8-10)14(16)19)17-11-6-7-18-15(2,3)9-11/h4-5,8,11,17H,6-7,9H2,1-3H3,(H2,16,19). The van der Waals surface area contributed by atoms with Gasteiger partial charge < -0.3 is 15.8 Å². The Kier molecular flexibility index (Phi) is 4.11. The van der Waals surface area contributed by atoms with Gasteiger partial charge in [0.25, 0.3) is 0 Å². The molecule has 3 N–H and O–H groups in total. The van der Waals surface area contributed by atoms with Crippen LogP contribution in [0.15, 0.2) is 18.2 Å². The van der Waals surface area contributed by atoms with Crippen LogP contribution in [-0.4, -0.2) is 23.2 Å². The molecule has 1 heterocycles. The molecule has 4 heteroatoms. The van der Waals surface area contributed by atoms with E-state index in [0.29, 0.717) is 11.0 Å². The minimum absolute atomic E-state index is 0.0655. The summed E-state index contributed by atoms with van der Waals surface area (Å²) in [5.74, 6) is 0. The van der Waals surface area contributed by atoms with Crippen LogP contribution in [0.1, 0.15) is 37.8 Å². The number of thiocarbonyl (C=S) groups is 1. The topological polar surface area (TPSA) is 47.3 Å². The highest BCUT2D eigenvalue weighted by Crippen LogP contribution is 2.27. The van der Waals surface area contributed by atoms with Crippen LogP contribution in [0, 0.1) is 6.92 Å². The van der Waals surface area contributed by atoms with E-state index in [1.54, 1.807) is 0 Å². The minimum atomic E-state index is -0.0655. The second kappa shape index (κ2) is 5.47. The molecular formula is C15H22N2OS. The van der Waals surface area contributed by atoms with Crippen LogP contribution in [0.4, 0.5) is 5.69 Å². The van der Waals surface area contributed by atoms with Gasteiger partial charge in [0.15, 0.2) is 0 Å². The van der Waals surface area contributed by atoms with Gasteiger partial charge in [0.1, 0.15) is 4.99 Å². The smallest absolute Gasteiger partial charge is 0.106 e. The zero-order valence-electron chi connectivity index (χ0n) is 11.8. The van der Waals surface area contributed by atoms with Gasteiger partial charge in [-0.1, -0.05) is 23.8 Å². The second-order valence-corrected chi connectivity index (χ2v) is 6.30. The van der Waals surface area contributed by atoms with Crippen LogP contribution in [0.2, 0.25) is 0 Å². The lowest BCUT2D eigenvalue weighted by Gasteiger charge is -2.36. The molecule has 0 amide bonds. The molecule has 0 saturated carbocycles. The Labute approximate surface area is 120 Å². The zero-order valence-corrected chi connectivity index (χ0v) is 12.6. The largest absolute Gasteiger partial charge is 0.389 e. The molecule has 1 aliphatic rings. The molecule has 0 aliphatic carbocycles. The van der Waals surface area contributed by atoms with Crippen molar-refractivity contribution in [2.24, 2.45) is 5.73 Å². The maximum atomic E-state index is 5.81. The summed E-state index contributed by atoms with van der Waals surface area (Å²) in [5, 5.41) is 3.57. The van der Waals surface area contributed by atoms with Gasteiger partial charge in [0.2, 0.25) is 0 Å². The van der Waals surface area contributed by atoms with E-state index in [0.717, 1.165) is 30.7 Å². The van der Waals surface area contributed by atoms with E-state index >= 15 is 0 Å². The molecule has 0 aromatic heterocycles. The van der Waals surface area contributed by atoms with E-state index in [1.165, 1.54) is 5.56 Å². The molecule has 3 nitrogen and oxygen atoms in total. The van der Waals surface area contributed by atoms with Crippen molar-refractivity contribution in [3.63, 3.8) is 0 Å². The van der Waals surface area contributed by atoms with Gasteiger partial charge in [-0.3, -0.25) is 0 Å². The van der Waals surface area contributed by atoms with Crippen LogP contribution < -0.4 is 11.1 Å². The molecule has 1 aromatic carbocycles. The molecule has 1 aromatic rings. The van der Waals surface area contributed by atoms with Crippen LogP contribution in [0.25, 0.3) is 0 Å². The van der Waals surface area contributed by atoms with E-state index in [4.69, 9.17) is 22.7 Å². The summed E-state index contributed by atoms with van der Waals surface area (Å²) in [5.41, 5.74) is 8.87. The first kappa shape index (κ1) is 14.3. The molecule has 1 unspecified atom stereocenters. The Morgan fingerprint density at radius 1 is 1.47 bits per heavy atom. The average molecular weight is 278 g/mol. The Morgan fingerprint density at radius 3 is 2.84 bits per heavy atom. The van der Waals surface area contributed by atoms with E-state index in [1.807, 2.05) is 13.0 Å². The molecule has 2 rings (SSSR count). The first-order chi connectivity index (χ1) is 8.87. The first-order valence-corrected chi connectivity index (χ1v) is 7.09. The Bertz CT molecular complexity index is 485. The molecule has 1 atom stereocenters. The molecule has 0 radical (unpaired) electrons. The number of hydrogen-bond acceptors (Lipinski definition) is 3. The number of nitrogens with two attached hydrogens (primary N) is 1. The summed E-state index contributed by atoms with van der Waals surface area (Å²) in [6, 6.07) is 6.58. The quantitative estimate of drug-likeness (QED) is 0.834. The van der Waals surface area contributed by atoms with Crippen molar-refractivity contribution in [1.29, 1.82) is 0 Å². The van der Waals surface area contributed by atoms with Crippen LogP contribution in [0.3, 0.4) is 0 Å². The highest BCUT2D eigenvalue weighted by Gasteiger charge is 2.29. The molecule has 1 fully saturated rings. The third kappa shape index (κ3) is 3.67. The van der Waals surface area contributed by atoms with Crippen molar-refractivity contribution in [2.75, 3.05) is 11.9 Å². The molecule has 104 valence electrons. The van der Waals surface area contributed by atoms with Crippen molar-refractivity contribution >= 4 is 22.9 Å².